The van der Waals surface area contributed by atoms with Crippen LogP contribution in [0.3, 0.4) is 0 Å². The summed E-state index contributed by atoms with van der Waals surface area (Å²) in [6, 6.07) is 3.70. The SMILES string of the molecule is Cc1nc(C)c(CNC(=O)CNc2cccnc2)s1. The van der Waals surface area contributed by atoms with Crippen LogP contribution in [0.5, 0.6) is 0 Å². The van der Waals surface area contributed by atoms with Crippen LogP contribution >= 0.6 is 11.3 Å². The van der Waals surface area contributed by atoms with Crippen molar-refractivity contribution >= 4 is 22.9 Å². The van der Waals surface area contributed by atoms with Crippen molar-refractivity contribution in [2.75, 3.05) is 11.9 Å². The summed E-state index contributed by atoms with van der Waals surface area (Å²) in [6.07, 6.45) is 3.38. The van der Waals surface area contributed by atoms with Crippen molar-refractivity contribution in [1.29, 1.82) is 0 Å². The minimum atomic E-state index is -0.0469. The first-order valence-electron chi connectivity index (χ1n) is 5.98. The number of carbonyl (C=O) groups is 1. The fraction of sp³-hybridized carbons (Fsp3) is 0.308. The number of hydrogen-bond acceptors (Lipinski definition) is 5. The zero-order valence-corrected chi connectivity index (χ0v) is 11.8. The summed E-state index contributed by atoms with van der Waals surface area (Å²) >= 11 is 1.61. The Morgan fingerprint density at radius 2 is 2.26 bits per heavy atom. The monoisotopic (exact) mass is 276 g/mol. The number of amides is 1. The van der Waals surface area contributed by atoms with E-state index in [0.717, 1.165) is 21.3 Å². The van der Waals surface area contributed by atoms with Crippen LogP contribution in [0.25, 0.3) is 0 Å². The topological polar surface area (TPSA) is 66.9 Å². The maximum absolute atomic E-state index is 11.7. The number of carbonyl (C=O) groups excluding carboxylic acids is 1. The Morgan fingerprint density at radius 1 is 1.42 bits per heavy atom. The lowest BCUT2D eigenvalue weighted by molar-refractivity contribution is -0.119. The number of nitrogens with one attached hydrogen (secondary N) is 2. The molecule has 6 heteroatoms. The summed E-state index contributed by atoms with van der Waals surface area (Å²) in [4.78, 5) is 21.1. The van der Waals surface area contributed by atoms with Gasteiger partial charge in [0, 0.05) is 17.3 Å². The number of aromatic nitrogens is 2. The van der Waals surface area contributed by atoms with Gasteiger partial charge in [0.05, 0.1) is 29.5 Å². The quantitative estimate of drug-likeness (QED) is 0.875. The van der Waals surface area contributed by atoms with Gasteiger partial charge in [0.2, 0.25) is 5.91 Å². The molecule has 0 aliphatic heterocycles. The van der Waals surface area contributed by atoms with Gasteiger partial charge < -0.3 is 10.6 Å². The number of aryl methyl sites for hydroxylation is 2. The fourth-order valence-electron chi connectivity index (χ4n) is 1.63. The van der Waals surface area contributed by atoms with E-state index in [1.165, 1.54) is 0 Å². The summed E-state index contributed by atoms with van der Waals surface area (Å²) in [7, 11) is 0. The van der Waals surface area contributed by atoms with E-state index in [2.05, 4.69) is 20.6 Å². The Kier molecular flexibility index (Phi) is 4.46. The van der Waals surface area contributed by atoms with Gasteiger partial charge in [-0.3, -0.25) is 9.78 Å². The zero-order valence-electron chi connectivity index (χ0n) is 10.9. The second-order valence-corrected chi connectivity index (χ2v) is 5.40. The lowest BCUT2D eigenvalue weighted by Crippen LogP contribution is -2.29. The van der Waals surface area contributed by atoms with Crippen molar-refractivity contribution in [2.24, 2.45) is 0 Å². The highest BCUT2D eigenvalue weighted by Gasteiger charge is 2.06. The maximum Gasteiger partial charge on any atom is 0.239 e. The highest BCUT2D eigenvalue weighted by atomic mass is 32.1. The predicted molar refractivity (Wildman–Crippen MR) is 76.2 cm³/mol. The smallest absolute Gasteiger partial charge is 0.239 e. The Morgan fingerprint density at radius 3 is 2.89 bits per heavy atom. The molecule has 0 atom stereocenters. The molecule has 100 valence electrons. The van der Waals surface area contributed by atoms with Gasteiger partial charge in [-0.1, -0.05) is 0 Å². The highest BCUT2D eigenvalue weighted by molar-refractivity contribution is 7.11. The largest absolute Gasteiger partial charge is 0.375 e. The average molecular weight is 276 g/mol. The molecule has 0 aliphatic carbocycles. The zero-order chi connectivity index (χ0) is 13.7. The third-order valence-electron chi connectivity index (χ3n) is 2.56. The van der Waals surface area contributed by atoms with Crippen LogP contribution in [0.1, 0.15) is 15.6 Å². The van der Waals surface area contributed by atoms with Crippen molar-refractivity contribution in [3.63, 3.8) is 0 Å². The van der Waals surface area contributed by atoms with Gasteiger partial charge in [-0.05, 0) is 26.0 Å². The molecule has 0 saturated heterocycles. The Labute approximate surface area is 116 Å². The van der Waals surface area contributed by atoms with Crippen LogP contribution in [-0.2, 0) is 11.3 Å². The van der Waals surface area contributed by atoms with Crippen LogP contribution < -0.4 is 10.6 Å². The second-order valence-electron chi connectivity index (χ2n) is 4.11. The molecule has 2 heterocycles. The van der Waals surface area contributed by atoms with Crippen LogP contribution in [-0.4, -0.2) is 22.4 Å². The summed E-state index contributed by atoms with van der Waals surface area (Å²) in [5.74, 6) is -0.0469. The molecule has 5 nitrogen and oxygen atoms in total. The predicted octanol–water partition coefficient (Wildman–Crippen LogP) is 1.88. The van der Waals surface area contributed by atoms with E-state index in [4.69, 9.17) is 0 Å². The second kappa shape index (κ2) is 6.29. The average Bonchev–Trinajstić information content (AvgIpc) is 2.73. The van der Waals surface area contributed by atoms with E-state index in [1.54, 1.807) is 23.7 Å². The standard InChI is InChI=1S/C13H16N4OS/c1-9-12(19-10(2)17-9)7-16-13(18)8-15-11-4-3-5-14-6-11/h3-6,15H,7-8H2,1-2H3,(H,16,18). The first kappa shape index (κ1) is 13.5. The van der Waals surface area contributed by atoms with Crippen molar-refractivity contribution in [2.45, 2.75) is 20.4 Å². The van der Waals surface area contributed by atoms with E-state index >= 15 is 0 Å². The minimum absolute atomic E-state index is 0.0469. The van der Waals surface area contributed by atoms with Gasteiger partial charge in [0.25, 0.3) is 0 Å². The normalized spacial score (nSPS) is 10.2. The van der Waals surface area contributed by atoms with Gasteiger partial charge in [0.1, 0.15) is 0 Å². The van der Waals surface area contributed by atoms with Crippen LogP contribution in [0.15, 0.2) is 24.5 Å². The summed E-state index contributed by atoms with van der Waals surface area (Å²) in [5.41, 5.74) is 1.82. The van der Waals surface area contributed by atoms with Gasteiger partial charge in [0.15, 0.2) is 0 Å². The van der Waals surface area contributed by atoms with Gasteiger partial charge >= 0.3 is 0 Å². The molecular weight excluding hydrogens is 260 g/mol. The molecule has 2 aromatic rings. The van der Waals surface area contributed by atoms with Crippen LogP contribution in [0.4, 0.5) is 5.69 Å². The number of anilines is 1. The Bertz CT molecular complexity index is 553. The molecule has 0 aromatic carbocycles. The molecule has 0 spiro atoms. The van der Waals surface area contributed by atoms with Crippen molar-refractivity contribution in [1.82, 2.24) is 15.3 Å². The molecule has 0 aliphatic rings. The van der Waals surface area contributed by atoms with E-state index in [0.29, 0.717) is 6.54 Å². The van der Waals surface area contributed by atoms with E-state index < -0.39 is 0 Å². The van der Waals surface area contributed by atoms with Gasteiger partial charge in [-0.25, -0.2) is 4.98 Å². The summed E-state index contributed by atoms with van der Waals surface area (Å²) in [6.45, 7) is 4.69. The minimum Gasteiger partial charge on any atom is -0.375 e. The van der Waals surface area contributed by atoms with E-state index in [-0.39, 0.29) is 12.5 Å². The van der Waals surface area contributed by atoms with Crippen LogP contribution in [0, 0.1) is 13.8 Å². The Balaban J connectivity index is 1.77. The lowest BCUT2D eigenvalue weighted by Gasteiger charge is -2.06. The highest BCUT2D eigenvalue weighted by Crippen LogP contribution is 2.16. The third-order valence-corrected chi connectivity index (χ3v) is 3.63. The van der Waals surface area contributed by atoms with Crippen molar-refractivity contribution in [3.8, 4) is 0 Å². The molecule has 2 N–H and O–H groups in total. The molecule has 2 rings (SSSR count). The fourth-order valence-corrected chi connectivity index (χ4v) is 2.51. The number of nitrogens with zero attached hydrogens (tertiary/aromatic N) is 2. The number of thiazole rings is 1. The van der Waals surface area contributed by atoms with E-state index in [9.17, 15) is 4.79 Å². The summed E-state index contributed by atoms with van der Waals surface area (Å²) in [5, 5.41) is 6.91. The molecule has 0 fully saturated rings. The molecule has 0 unspecified atom stereocenters. The molecule has 0 radical (unpaired) electrons. The van der Waals surface area contributed by atoms with Crippen molar-refractivity contribution in [3.05, 3.63) is 40.1 Å². The number of pyridine rings is 1. The Hall–Kier alpha value is -1.95. The lowest BCUT2D eigenvalue weighted by atomic mass is 10.4. The third kappa shape index (κ3) is 4.03. The van der Waals surface area contributed by atoms with Gasteiger partial charge in [-0.15, -0.1) is 11.3 Å². The molecule has 0 bridgehead atoms. The number of hydrogen-bond donors (Lipinski definition) is 2. The van der Waals surface area contributed by atoms with E-state index in [1.807, 2.05) is 26.0 Å². The molecule has 2 aromatic heterocycles. The summed E-state index contributed by atoms with van der Waals surface area (Å²) < 4.78 is 0. The molecule has 19 heavy (non-hydrogen) atoms. The molecule has 1 amide bonds. The number of rotatable bonds is 5. The van der Waals surface area contributed by atoms with Crippen molar-refractivity contribution < 1.29 is 4.79 Å². The van der Waals surface area contributed by atoms with Gasteiger partial charge in [-0.2, -0.15) is 0 Å². The first-order valence-corrected chi connectivity index (χ1v) is 6.80. The maximum atomic E-state index is 11.7. The van der Waals surface area contributed by atoms with Crippen LogP contribution in [0.2, 0.25) is 0 Å². The molecular formula is C13H16N4OS. The first-order chi connectivity index (χ1) is 9.15. The molecule has 0 saturated carbocycles.